The van der Waals surface area contributed by atoms with Crippen LogP contribution in [0.1, 0.15) is 35.2 Å². The Morgan fingerprint density at radius 3 is 2.25 bits per heavy atom. The predicted octanol–water partition coefficient (Wildman–Crippen LogP) is 4.16. The summed E-state index contributed by atoms with van der Waals surface area (Å²) in [5, 5.41) is 16.5. The van der Waals surface area contributed by atoms with Crippen molar-refractivity contribution in [2.45, 2.75) is 24.9 Å². The number of rotatable bonds is 10. The molecule has 168 valence electrons. The van der Waals surface area contributed by atoms with E-state index in [0.717, 1.165) is 16.7 Å². The smallest absolute Gasteiger partial charge is 0.241 e. The third kappa shape index (κ3) is 5.59. The van der Waals surface area contributed by atoms with Gasteiger partial charge < -0.3 is 19.9 Å². The fraction of sp³-hybridized carbons (Fsp3) is 0.269. The summed E-state index contributed by atoms with van der Waals surface area (Å²) in [6.45, 7) is 0. The number of hydrogen-bond acceptors (Lipinski definition) is 5. The Hall–Kier alpha value is -3.51. The lowest BCUT2D eigenvalue weighted by molar-refractivity contribution is -0.123. The van der Waals surface area contributed by atoms with Crippen molar-refractivity contribution in [3.63, 3.8) is 0 Å². The van der Waals surface area contributed by atoms with Crippen LogP contribution in [0.15, 0.2) is 72.8 Å². The molecule has 1 amide bonds. The molecule has 3 aromatic rings. The first-order valence-electron chi connectivity index (χ1n) is 10.6. The number of para-hydroxylation sites is 1. The van der Waals surface area contributed by atoms with Gasteiger partial charge in [0.25, 0.3) is 0 Å². The van der Waals surface area contributed by atoms with Crippen LogP contribution in [0, 0.1) is 0 Å². The Morgan fingerprint density at radius 1 is 0.906 bits per heavy atom. The number of methoxy groups -OCH3 is 2. The normalized spacial score (nSPS) is 12.6. The van der Waals surface area contributed by atoms with Crippen LogP contribution in [-0.4, -0.2) is 32.3 Å². The number of likely N-dealkylation sites (N-methyl/N-ethyl adjacent to an activating group) is 1. The van der Waals surface area contributed by atoms with Crippen LogP contribution in [0.2, 0.25) is 0 Å². The number of ether oxygens (including phenoxy) is 2. The quantitative estimate of drug-likeness (QED) is 0.447. The third-order valence-corrected chi connectivity index (χ3v) is 5.51. The van der Waals surface area contributed by atoms with E-state index in [1.54, 1.807) is 33.4 Å². The highest BCUT2D eigenvalue weighted by Gasteiger charge is 2.25. The van der Waals surface area contributed by atoms with Crippen LogP contribution < -0.4 is 20.1 Å². The van der Waals surface area contributed by atoms with E-state index in [1.165, 1.54) is 0 Å². The Balaban J connectivity index is 1.95. The molecule has 0 spiro atoms. The number of phenolic OH excluding ortho intramolecular Hbond substituents is 1. The van der Waals surface area contributed by atoms with Gasteiger partial charge in [0.1, 0.15) is 11.8 Å². The summed E-state index contributed by atoms with van der Waals surface area (Å²) in [6.07, 6.45) is 1.29. The maximum absolute atomic E-state index is 12.8. The molecule has 0 radical (unpaired) electrons. The number of amides is 1. The number of benzene rings is 3. The van der Waals surface area contributed by atoms with Gasteiger partial charge in [-0.3, -0.25) is 10.1 Å². The summed E-state index contributed by atoms with van der Waals surface area (Å²) >= 11 is 0. The second kappa shape index (κ2) is 11.2. The van der Waals surface area contributed by atoms with Gasteiger partial charge in [0.2, 0.25) is 5.91 Å². The molecule has 0 aliphatic heterocycles. The molecule has 3 N–H and O–H groups in total. The number of carbonyl (C=O) groups excluding carboxylic acids is 1. The van der Waals surface area contributed by atoms with Crippen LogP contribution in [0.3, 0.4) is 0 Å². The number of phenols is 1. The number of nitrogens with one attached hydrogen (secondary N) is 2. The first kappa shape index (κ1) is 23.2. The molecule has 2 atom stereocenters. The second-order valence-corrected chi connectivity index (χ2v) is 7.46. The van der Waals surface area contributed by atoms with Crippen LogP contribution >= 0.6 is 0 Å². The van der Waals surface area contributed by atoms with Crippen molar-refractivity contribution in [1.29, 1.82) is 0 Å². The van der Waals surface area contributed by atoms with Crippen molar-refractivity contribution >= 4 is 5.91 Å². The first-order valence-corrected chi connectivity index (χ1v) is 10.6. The van der Waals surface area contributed by atoms with E-state index in [0.29, 0.717) is 24.3 Å². The van der Waals surface area contributed by atoms with Crippen molar-refractivity contribution in [3.8, 4) is 17.2 Å². The van der Waals surface area contributed by atoms with Crippen LogP contribution in [0.25, 0.3) is 0 Å². The van der Waals surface area contributed by atoms with E-state index >= 15 is 0 Å². The van der Waals surface area contributed by atoms with Crippen molar-refractivity contribution in [2.75, 3.05) is 21.3 Å². The highest BCUT2D eigenvalue weighted by atomic mass is 16.5. The zero-order valence-corrected chi connectivity index (χ0v) is 18.7. The van der Waals surface area contributed by atoms with Gasteiger partial charge in [-0.1, -0.05) is 54.6 Å². The molecule has 0 bridgehead atoms. The maximum Gasteiger partial charge on any atom is 0.241 e. The summed E-state index contributed by atoms with van der Waals surface area (Å²) < 4.78 is 10.9. The van der Waals surface area contributed by atoms with Gasteiger partial charge >= 0.3 is 0 Å². The molecule has 6 nitrogen and oxygen atoms in total. The average molecular weight is 435 g/mol. The lowest BCUT2D eigenvalue weighted by atomic mass is 9.95. The zero-order valence-electron chi connectivity index (χ0n) is 18.7. The molecular formula is C26H30N2O4. The summed E-state index contributed by atoms with van der Waals surface area (Å²) in [5.41, 5.74) is 2.69. The molecule has 3 aromatic carbocycles. The van der Waals surface area contributed by atoms with Crippen LogP contribution in [0.5, 0.6) is 17.2 Å². The minimum atomic E-state index is -0.538. The highest BCUT2D eigenvalue weighted by molar-refractivity contribution is 5.83. The second-order valence-electron chi connectivity index (χ2n) is 7.46. The number of hydrogen-bond donors (Lipinski definition) is 3. The van der Waals surface area contributed by atoms with Crippen molar-refractivity contribution in [3.05, 3.63) is 89.5 Å². The molecule has 0 aliphatic rings. The minimum absolute atomic E-state index is 0.121. The molecule has 0 aromatic heterocycles. The van der Waals surface area contributed by atoms with Gasteiger partial charge in [-0.25, -0.2) is 0 Å². The Labute approximate surface area is 189 Å². The molecular weight excluding hydrogens is 404 g/mol. The van der Waals surface area contributed by atoms with Gasteiger partial charge in [-0.05, 0) is 47.7 Å². The number of carbonyl (C=O) groups is 1. The van der Waals surface area contributed by atoms with E-state index < -0.39 is 6.04 Å². The highest BCUT2D eigenvalue weighted by Crippen LogP contribution is 2.33. The van der Waals surface area contributed by atoms with Crippen LogP contribution in [0.4, 0.5) is 0 Å². The van der Waals surface area contributed by atoms with Crippen molar-refractivity contribution in [2.24, 2.45) is 0 Å². The van der Waals surface area contributed by atoms with Gasteiger partial charge in [-0.15, -0.1) is 0 Å². The minimum Gasteiger partial charge on any atom is -0.508 e. The lowest BCUT2D eigenvalue weighted by Crippen LogP contribution is -2.38. The fourth-order valence-electron chi connectivity index (χ4n) is 3.75. The molecule has 0 fully saturated rings. The van der Waals surface area contributed by atoms with Gasteiger partial charge in [0, 0.05) is 13.1 Å². The molecule has 0 aliphatic carbocycles. The van der Waals surface area contributed by atoms with E-state index in [-0.39, 0.29) is 17.7 Å². The topological polar surface area (TPSA) is 79.8 Å². The number of aromatic hydroxyl groups is 1. The SMILES string of the molecule is CNC(=O)[C@@H](N[C@@H](CCc1ccccc1O)c1ccc(OC)c(OC)c1)c1ccccc1. The lowest BCUT2D eigenvalue weighted by Gasteiger charge is -2.26. The Morgan fingerprint density at radius 2 is 1.59 bits per heavy atom. The largest absolute Gasteiger partial charge is 0.508 e. The molecule has 0 saturated heterocycles. The maximum atomic E-state index is 12.8. The number of aryl methyl sites for hydroxylation is 1. The van der Waals surface area contributed by atoms with E-state index in [2.05, 4.69) is 10.6 Å². The monoisotopic (exact) mass is 434 g/mol. The van der Waals surface area contributed by atoms with Gasteiger partial charge in [-0.2, -0.15) is 0 Å². The fourth-order valence-corrected chi connectivity index (χ4v) is 3.75. The average Bonchev–Trinajstić information content (AvgIpc) is 2.84. The zero-order chi connectivity index (χ0) is 22.9. The Bertz CT molecular complexity index is 1020. The van der Waals surface area contributed by atoms with Crippen molar-refractivity contribution < 1.29 is 19.4 Å². The molecule has 0 heterocycles. The summed E-state index contributed by atoms with van der Waals surface area (Å²) in [5.74, 6) is 1.41. The Kier molecular flexibility index (Phi) is 8.11. The summed E-state index contributed by atoms with van der Waals surface area (Å²) in [4.78, 5) is 12.8. The standard InChI is InChI=1S/C26H30N2O4/c1-27-26(30)25(19-10-5-4-6-11-19)28-21(15-13-18-9-7-8-12-22(18)29)20-14-16-23(31-2)24(17-20)32-3/h4-12,14,16-17,21,25,28-29H,13,15H2,1-3H3,(H,27,30)/t21-,25-/m0/s1. The predicted molar refractivity (Wildman–Crippen MR) is 125 cm³/mol. The van der Waals surface area contributed by atoms with Crippen molar-refractivity contribution in [1.82, 2.24) is 10.6 Å². The molecule has 6 heteroatoms. The third-order valence-electron chi connectivity index (χ3n) is 5.51. The van der Waals surface area contributed by atoms with Gasteiger partial charge in [0.15, 0.2) is 11.5 Å². The summed E-state index contributed by atoms with van der Waals surface area (Å²) in [7, 11) is 4.83. The molecule has 0 saturated carbocycles. The molecule has 3 rings (SSSR count). The van der Waals surface area contributed by atoms with Gasteiger partial charge in [0.05, 0.1) is 14.2 Å². The summed E-state index contributed by atoms with van der Waals surface area (Å²) in [6, 6.07) is 22.0. The molecule has 0 unspecified atom stereocenters. The molecule has 32 heavy (non-hydrogen) atoms. The van der Waals surface area contributed by atoms with E-state index in [1.807, 2.05) is 60.7 Å². The van der Waals surface area contributed by atoms with Crippen LogP contribution in [-0.2, 0) is 11.2 Å². The van der Waals surface area contributed by atoms with E-state index in [4.69, 9.17) is 9.47 Å². The van der Waals surface area contributed by atoms with E-state index in [9.17, 15) is 9.90 Å². The first-order chi connectivity index (χ1) is 15.6.